The van der Waals surface area contributed by atoms with Gasteiger partial charge in [-0.3, -0.25) is 4.79 Å². The number of aryl methyl sites for hydroxylation is 1. The standard InChI is InChI=1S/C17H25BrO/c1-2-3-4-5-6-7-8-15-9-11-16(12-10-15)17(19)13-14-18/h9-12H,2-8,13-14H2,1H3. The minimum atomic E-state index is 0.225. The van der Waals surface area contributed by atoms with Gasteiger partial charge in [0.15, 0.2) is 5.78 Å². The molecule has 0 aromatic heterocycles. The molecule has 106 valence electrons. The highest BCUT2D eigenvalue weighted by molar-refractivity contribution is 9.09. The Hall–Kier alpha value is -0.630. The molecule has 1 nitrogen and oxygen atoms in total. The summed E-state index contributed by atoms with van der Waals surface area (Å²) in [6, 6.07) is 8.15. The van der Waals surface area contributed by atoms with Gasteiger partial charge in [-0.15, -0.1) is 0 Å². The van der Waals surface area contributed by atoms with E-state index in [0.717, 1.165) is 17.3 Å². The van der Waals surface area contributed by atoms with Gasteiger partial charge in [0.1, 0.15) is 0 Å². The van der Waals surface area contributed by atoms with E-state index in [2.05, 4.69) is 35.0 Å². The summed E-state index contributed by atoms with van der Waals surface area (Å²) < 4.78 is 0. The third-order valence-corrected chi connectivity index (χ3v) is 3.81. The van der Waals surface area contributed by atoms with E-state index in [9.17, 15) is 4.79 Å². The van der Waals surface area contributed by atoms with Crippen molar-refractivity contribution in [2.24, 2.45) is 0 Å². The van der Waals surface area contributed by atoms with Crippen molar-refractivity contribution in [1.29, 1.82) is 0 Å². The Bertz CT molecular complexity index is 356. The lowest BCUT2D eigenvalue weighted by atomic mass is 10.0. The van der Waals surface area contributed by atoms with E-state index < -0.39 is 0 Å². The van der Waals surface area contributed by atoms with Gasteiger partial charge in [-0.1, -0.05) is 79.2 Å². The van der Waals surface area contributed by atoms with Gasteiger partial charge in [-0.05, 0) is 18.4 Å². The van der Waals surface area contributed by atoms with Crippen LogP contribution in [0.25, 0.3) is 0 Å². The molecule has 0 N–H and O–H groups in total. The summed E-state index contributed by atoms with van der Waals surface area (Å²) >= 11 is 3.30. The second kappa shape index (κ2) is 10.2. The van der Waals surface area contributed by atoms with Crippen molar-refractivity contribution in [1.82, 2.24) is 0 Å². The van der Waals surface area contributed by atoms with Crippen molar-refractivity contribution >= 4 is 21.7 Å². The lowest BCUT2D eigenvalue weighted by Gasteiger charge is -2.04. The summed E-state index contributed by atoms with van der Waals surface area (Å²) in [5.41, 5.74) is 2.19. The van der Waals surface area contributed by atoms with Gasteiger partial charge in [0.2, 0.25) is 0 Å². The number of hydrogen-bond donors (Lipinski definition) is 0. The summed E-state index contributed by atoms with van der Waals surface area (Å²) in [4.78, 5) is 11.7. The van der Waals surface area contributed by atoms with Crippen molar-refractivity contribution in [3.05, 3.63) is 35.4 Å². The highest BCUT2D eigenvalue weighted by Gasteiger charge is 2.04. The van der Waals surface area contributed by atoms with Crippen molar-refractivity contribution in [2.75, 3.05) is 5.33 Å². The first-order valence-electron chi connectivity index (χ1n) is 7.46. The molecule has 0 heterocycles. The quantitative estimate of drug-likeness (QED) is 0.313. The molecule has 0 fully saturated rings. The van der Waals surface area contributed by atoms with Gasteiger partial charge < -0.3 is 0 Å². The Morgan fingerprint density at radius 1 is 1.00 bits per heavy atom. The maximum Gasteiger partial charge on any atom is 0.163 e. The van der Waals surface area contributed by atoms with E-state index in [0.29, 0.717) is 6.42 Å². The zero-order valence-corrected chi connectivity index (χ0v) is 13.5. The molecule has 2 heteroatoms. The van der Waals surface area contributed by atoms with Crippen LogP contribution in [0.4, 0.5) is 0 Å². The van der Waals surface area contributed by atoms with Crippen molar-refractivity contribution in [3.8, 4) is 0 Å². The topological polar surface area (TPSA) is 17.1 Å². The number of unbranched alkanes of at least 4 members (excludes halogenated alkanes) is 5. The maximum absolute atomic E-state index is 11.7. The molecule has 0 bridgehead atoms. The highest BCUT2D eigenvalue weighted by atomic mass is 79.9. The van der Waals surface area contributed by atoms with Gasteiger partial charge >= 0.3 is 0 Å². The van der Waals surface area contributed by atoms with E-state index >= 15 is 0 Å². The minimum absolute atomic E-state index is 0.225. The zero-order chi connectivity index (χ0) is 13.9. The number of rotatable bonds is 10. The number of halogens is 1. The molecule has 1 aromatic rings. The number of benzene rings is 1. The van der Waals surface area contributed by atoms with E-state index in [4.69, 9.17) is 0 Å². The van der Waals surface area contributed by atoms with Crippen LogP contribution in [0.5, 0.6) is 0 Å². The normalized spacial score (nSPS) is 10.6. The second-order valence-electron chi connectivity index (χ2n) is 5.08. The summed E-state index contributed by atoms with van der Waals surface area (Å²) in [6.45, 7) is 2.25. The Balaban J connectivity index is 2.26. The maximum atomic E-state index is 11.7. The van der Waals surface area contributed by atoms with E-state index in [1.165, 1.54) is 44.1 Å². The lowest BCUT2D eigenvalue weighted by molar-refractivity contribution is 0.0990. The molecule has 0 spiro atoms. The molecular formula is C17H25BrO. The van der Waals surface area contributed by atoms with Gasteiger partial charge in [0, 0.05) is 17.3 Å². The van der Waals surface area contributed by atoms with E-state index in [1.807, 2.05) is 12.1 Å². The molecule has 0 radical (unpaired) electrons. The molecule has 0 aliphatic rings. The molecule has 0 unspecified atom stereocenters. The zero-order valence-electron chi connectivity index (χ0n) is 12.0. The number of carbonyl (C=O) groups excluding carboxylic acids is 1. The van der Waals surface area contributed by atoms with E-state index in [1.54, 1.807) is 0 Å². The number of carbonyl (C=O) groups is 1. The van der Waals surface area contributed by atoms with Crippen LogP contribution in [0.3, 0.4) is 0 Å². The van der Waals surface area contributed by atoms with Crippen molar-refractivity contribution in [2.45, 2.75) is 58.3 Å². The van der Waals surface area contributed by atoms with Crippen molar-refractivity contribution in [3.63, 3.8) is 0 Å². The smallest absolute Gasteiger partial charge is 0.163 e. The molecule has 0 saturated carbocycles. The predicted molar refractivity (Wildman–Crippen MR) is 86.3 cm³/mol. The fourth-order valence-electron chi connectivity index (χ4n) is 2.20. The third kappa shape index (κ3) is 6.91. The lowest BCUT2D eigenvalue weighted by Crippen LogP contribution is -1.99. The van der Waals surface area contributed by atoms with Crippen LogP contribution >= 0.6 is 15.9 Å². The Morgan fingerprint density at radius 2 is 1.63 bits per heavy atom. The third-order valence-electron chi connectivity index (χ3n) is 3.42. The summed E-state index contributed by atoms with van der Waals surface area (Å²) in [6.07, 6.45) is 9.71. The minimum Gasteiger partial charge on any atom is -0.294 e. The second-order valence-corrected chi connectivity index (χ2v) is 5.87. The largest absolute Gasteiger partial charge is 0.294 e. The fraction of sp³-hybridized carbons (Fsp3) is 0.588. The number of alkyl halides is 1. The van der Waals surface area contributed by atoms with E-state index in [-0.39, 0.29) is 5.78 Å². The predicted octanol–water partition coefficient (Wildman–Crippen LogP) is 5.56. The summed E-state index contributed by atoms with van der Waals surface area (Å²) in [7, 11) is 0. The van der Waals surface area contributed by atoms with Crippen LogP contribution in [0.1, 0.15) is 67.8 Å². The Labute approximate surface area is 125 Å². The Morgan fingerprint density at radius 3 is 2.26 bits per heavy atom. The highest BCUT2D eigenvalue weighted by Crippen LogP contribution is 2.12. The van der Waals surface area contributed by atoms with Crippen LogP contribution in [0, 0.1) is 0 Å². The molecule has 1 rings (SSSR count). The molecule has 0 aliphatic carbocycles. The van der Waals surface area contributed by atoms with Crippen LogP contribution in [-0.4, -0.2) is 11.1 Å². The average molecular weight is 325 g/mol. The molecule has 19 heavy (non-hydrogen) atoms. The first kappa shape index (κ1) is 16.4. The van der Waals surface area contributed by atoms with Gasteiger partial charge in [0.05, 0.1) is 0 Å². The van der Waals surface area contributed by atoms with Crippen LogP contribution in [0.2, 0.25) is 0 Å². The molecule has 0 aliphatic heterocycles. The SMILES string of the molecule is CCCCCCCCc1ccc(C(=O)CCBr)cc1. The van der Waals surface area contributed by atoms with Crippen LogP contribution < -0.4 is 0 Å². The molecule has 1 aromatic carbocycles. The number of hydrogen-bond acceptors (Lipinski definition) is 1. The van der Waals surface area contributed by atoms with Gasteiger partial charge in [-0.25, -0.2) is 0 Å². The first-order valence-corrected chi connectivity index (χ1v) is 8.58. The molecule has 0 saturated heterocycles. The van der Waals surface area contributed by atoms with Crippen LogP contribution in [0.15, 0.2) is 24.3 Å². The number of Topliss-reactive ketones (excluding diaryl/α,β-unsaturated/α-hetero) is 1. The summed E-state index contributed by atoms with van der Waals surface area (Å²) in [5, 5.41) is 0.741. The van der Waals surface area contributed by atoms with Crippen molar-refractivity contribution < 1.29 is 4.79 Å². The van der Waals surface area contributed by atoms with Gasteiger partial charge in [0.25, 0.3) is 0 Å². The first-order chi connectivity index (χ1) is 9.27. The molecule has 0 atom stereocenters. The molecule has 0 amide bonds. The average Bonchev–Trinajstić information content (AvgIpc) is 2.43. The monoisotopic (exact) mass is 324 g/mol. The number of ketones is 1. The fourth-order valence-corrected chi connectivity index (χ4v) is 2.56. The van der Waals surface area contributed by atoms with Gasteiger partial charge in [-0.2, -0.15) is 0 Å². The van der Waals surface area contributed by atoms with Crippen LogP contribution in [-0.2, 0) is 6.42 Å². The summed E-state index contributed by atoms with van der Waals surface area (Å²) in [5.74, 6) is 0.225. The Kier molecular flexibility index (Phi) is 8.81. The molecular weight excluding hydrogens is 300 g/mol.